The summed E-state index contributed by atoms with van der Waals surface area (Å²) in [5.41, 5.74) is 5.92. The molecule has 0 bridgehead atoms. The second-order valence-corrected chi connectivity index (χ2v) is 9.73. The number of rotatable bonds is 4. The Balaban J connectivity index is 1.64. The minimum Gasteiger partial charge on any atom is -0.316 e. The van der Waals surface area contributed by atoms with E-state index in [2.05, 4.69) is 21.1 Å². The van der Waals surface area contributed by atoms with Crippen molar-refractivity contribution in [2.45, 2.75) is 42.9 Å². The van der Waals surface area contributed by atoms with Crippen molar-refractivity contribution in [3.8, 4) is 0 Å². The number of fused-ring (bicyclic) bond motifs is 2. The highest BCUT2D eigenvalue weighted by atomic mass is 32.2. The molecule has 0 saturated heterocycles. The maximum absolute atomic E-state index is 14.4. The molecule has 27 heavy (non-hydrogen) atoms. The quantitative estimate of drug-likeness (QED) is 0.725. The maximum atomic E-state index is 14.4. The molecular weight excluding hydrogens is 387 g/mol. The van der Waals surface area contributed by atoms with Crippen LogP contribution in [0.4, 0.5) is 14.9 Å². The van der Waals surface area contributed by atoms with Gasteiger partial charge in [-0.25, -0.2) is 18.5 Å². The zero-order chi connectivity index (χ0) is 19.2. The van der Waals surface area contributed by atoms with Crippen LogP contribution in [0.2, 0.25) is 0 Å². The Hall–Kier alpha value is -1.81. The molecule has 2 aliphatic rings. The number of amides is 2. The summed E-state index contributed by atoms with van der Waals surface area (Å²) in [5, 5.41) is 12.9. The molecule has 1 aromatic heterocycles. The number of nitrogens with zero attached hydrogens (tertiary/aromatic N) is 1. The van der Waals surface area contributed by atoms with Gasteiger partial charge in [-0.05, 0) is 66.8 Å². The van der Waals surface area contributed by atoms with E-state index < -0.39 is 21.8 Å². The summed E-state index contributed by atoms with van der Waals surface area (Å²) in [5.74, 6) is -0.664. The molecule has 0 fully saturated rings. The molecule has 0 radical (unpaired) electrons. The fourth-order valence-corrected chi connectivity index (χ4v) is 6.00. The topological polar surface area (TPSA) is 96.6 Å². The highest BCUT2D eigenvalue weighted by Crippen LogP contribution is 2.39. The summed E-state index contributed by atoms with van der Waals surface area (Å²) in [6, 6.07) is 1.43. The number of carbonyl (C=O) groups is 1. The van der Waals surface area contributed by atoms with Gasteiger partial charge in [-0.1, -0.05) is 6.07 Å². The molecule has 0 aliphatic heterocycles. The fraction of sp³-hybridized carbons (Fsp3) is 0.389. The molecule has 2 amide bonds. The molecule has 0 saturated carbocycles. The highest BCUT2D eigenvalue weighted by molar-refractivity contribution is 7.93. The van der Waals surface area contributed by atoms with E-state index >= 15 is 0 Å². The van der Waals surface area contributed by atoms with Crippen LogP contribution < -0.4 is 15.8 Å². The van der Waals surface area contributed by atoms with Crippen molar-refractivity contribution in [1.29, 1.82) is 0 Å². The second kappa shape index (κ2) is 6.97. The summed E-state index contributed by atoms with van der Waals surface area (Å²) in [6.07, 6.45) is 4.88. The Labute approximate surface area is 161 Å². The average Bonchev–Trinajstić information content (AvgIpc) is 3.18. The zero-order valence-electron chi connectivity index (χ0n) is 14.9. The van der Waals surface area contributed by atoms with E-state index in [1.54, 1.807) is 7.05 Å². The van der Waals surface area contributed by atoms with Crippen molar-refractivity contribution < 1.29 is 13.4 Å². The molecule has 1 heterocycles. The van der Waals surface area contributed by atoms with Crippen molar-refractivity contribution in [2.24, 2.45) is 9.50 Å². The minimum atomic E-state index is -3.65. The van der Waals surface area contributed by atoms with Gasteiger partial charge < -0.3 is 10.6 Å². The Morgan fingerprint density at radius 1 is 1.30 bits per heavy atom. The summed E-state index contributed by atoms with van der Waals surface area (Å²) in [7, 11) is -1.97. The molecule has 1 aromatic carbocycles. The number of aryl methyl sites for hydroxylation is 2. The first-order chi connectivity index (χ1) is 12.9. The molecule has 1 atom stereocenters. The number of benzene rings is 1. The summed E-state index contributed by atoms with van der Waals surface area (Å²) in [6.45, 7) is 0.284. The van der Waals surface area contributed by atoms with E-state index in [4.69, 9.17) is 5.14 Å². The van der Waals surface area contributed by atoms with Crippen LogP contribution in [0.15, 0.2) is 20.0 Å². The van der Waals surface area contributed by atoms with Crippen molar-refractivity contribution in [2.75, 3.05) is 12.4 Å². The third-order valence-corrected chi connectivity index (χ3v) is 8.05. The summed E-state index contributed by atoms with van der Waals surface area (Å²) < 4.78 is 30.6. The smallest absolute Gasteiger partial charge is 0.316 e. The number of urea groups is 1. The molecule has 4 N–H and O–H groups in total. The third-order valence-electron chi connectivity index (χ3n) is 5.10. The fourth-order valence-electron chi connectivity index (χ4n) is 3.76. The van der Waals surface area contributed by atoms with E-state index in [0.29, 0.717) is 5.56 Å². The van der Waals surface area contributed by atoms with Gasteiger partial charge in [-0.3, -0.25) is 0 Å². The molecule has 9 heteroatoms. The molecule has 0 spiro atoms. The van der Waals surface area contributed by atoms with Crippen LogP contribution >= 0.6 is 11.3 Å². The Kier molecular flexibility index (Phi) is 4.79. The molecule has 4 rings (SSSR count). The lowest BCUT2D eigenvalue weighted by Crippen LogP contribution is -2.21. The first kappa shape index (κ1) is 18.5. The third kappa shape index (κ3) is 3.29. The molecular formula is C18H21FN4O2S2. The molecule has 144 valence electrons. The molecule has 2 aliphatic carbocycles. The van der Waals surface area contributed by atoms with Gasteiger partial charge in [0.1, 0.15) is 0 Å². The standard InChI is InChI=1S/C18H21FN4O2S2/c1-21-8-12-9-26-17(15(12)19)27(20,25)23-18(24)22-16-13-4-2-3-10(13)7-11-5-6-14(11)16/h7,9,21H,2-6,8H2,1H3,(H3,20,22,23,24,25)/t27-/m1/s1. The molecule has 2 aromatic rings. The Bertz CT molecular complexity index is 1050. The Morgan fingerprint density at radius 3 is 2.74 bits per heavy atom. The number of nitrogens with two attached hydrogens (primary N) is 1. The number of carbonyl (C=O) groups excluding carboxylic acids is 1. The average molecular weight is 409 g/mol. The van der Waals surface area contributed by atoms with Crippen molar-refractivity contribution in [3.05, 3.63) is 45.1 Å². The van der Waals surface area contributed by atoms with E-state index in [9.17, 15) is 13.4 Å². The van der Waals surface area contributed by atoms with Gasteiger partial charge in [0, 0.05) is 17.8 Å². The number of nitrogens with one attached hydrogen (secondary N) is 2. The van der Waals surface area contributed by atoms with Gasteiger partial charge in [-0.2, -0.15) is 0 Å². The first-order valence-electron chi connectivity index (χ1n) is 8.83. The van der Waals surface area contributed by atoms with Crippen LogP contribution in [-0.4, -0.2) is 17.3 Å². The largest absolute Gasteiger partial charge is 0.354 e. The van der Waals surface area contributed by atoms with E-state index in [0.717, 1.165) is 60.3 Å². The van der Waals surface area contributed by atoms with Crippen molar-refractivity contribution in [1.82, 2.24) is 5.32 Å². The first-order valence-corrected chi connectivity index (χ1v) is 11.3. The lowest BCUT2D eigenvalue weighted by atomic mass is 9.83. The zero-order valence-corrected chi connectivity index (χ0v) is 16.6. The van der Waals surface area contributed by atoms with Crippen molar-refractivity contribution >= 4 is 33.0 Å². The van der Waals surface area contributed by atoms with Crippen LogP contribution in [0.5, 0.6) is 0 Å². The lowest BCUT2D eigenvalue weighted by Gasteiger charge is -2.25. The van der Waals surface area contributed by atoms with Crippen LogP contribution in [0, 0.1) is 5.82 Å². The Morgan fingerprint density at radius 2 is 2.04 bits per heavy atom. The maximum Gasteiger partial charge on any atom is 0.354 e. The van der Waals surface area contributed by atoms with Crippen LogP contribution in [0.1, 0.15) is 34.2 Å². The van der Waals surface area contributed by atoms with Gasteiger partial charge >= 0.3 is 6.03 Å². The summed E-state index contributed by atoms with van der Waals surface area (Å²) in [4.78, 5) is 12.5. The molecule has 0 unspecified atom stereocenters. The van der Waals surface area contributed by atoms with Gasteiger partial charge in [-0.15, -0.1) is 15.7 Å². The van der Waals surface area contributed by atoms with Gasteiger partial charge in [0.15, 0.2) is 19.9 Å². The highest BCUT2D eigenvalue weighted by Gasteiger charge is 2.27. The van der Waals surface area contributed by atoms with Gasteiger partial charge in [0.25, 0.3) is 0 Å². The predicted octanol–water partition coefficient (Wildman–Crippen LogP) is 3.13. The molecule has 6 nitrogen and oxygen atoms in total. The monoisotopic (exact) mass is 408 g/mol. The number of anilines is 1. The van der Waals surface area contributed by atoms with Gasteiger partial charge in [0.2, 0.25) is 0 Å². The number of hydrogen-bond acceptors (Lipinski definition) is 4. The minimum absolute atomic E-state index is 0.200. The van der Waals surface area contributed by atoms with Crippen LogP contribution in [-0.2, 0) is 42.1 Å². The van der Waals surface area contributed by atoms with Gasteiger partial charge in [0.05, 0.1) is 0 Å². The van der Waals surface area contributed by atoms with Crippen molar-refractivity contribution in [3.63, 3.8) is 0 Å². The van der Waals surface area contributed by atoms with E-state index in [-0.39, 0.29) is 10.8 Å². The number of halogens is 1. The lowest BCUT2D eigenvalue weighted by molar-refractivity contribution is 0.260. The van der Waals surface area contributed by atoms with Crippen LogP contribution in [0.3, 0.4) is 0 Å². The normalized spacial score (nSPS) is 16.9. The summed E-state index contributed by atoms with van der Waals surface area (Å²) >= 11 is 0.919. The van der Waals surface area contributed by atoms with Crippen LogP contribution in [0.25, 0.3) is 0 Å². The van der Waals surface area contributed by atoms with E-state index in [1.165, 1.54) is 16.5 Å². The number of thiophene rings is 1. The second-order valence-electron chi connectivity index (χ2n) is 6.86. The predicted molar refractivity (Wildman–Crippen MR) is 105 cm³/mol. The number of hydrogen-bond donors (Lipinski definition) is 3. The SMILES string of the molecule is CNCc1csc([S@](N)(=O)=NC(=O)Nc2c3c(cc4c2CC4)CCC3)c1F. The van der Waals surface area contributed by atoms with E-state index in [1.807, 2.05) is 0 Å².